The number of benzene rings is 2. The molecule has 0 spiro atoms. The number of pyridine rings is 1. The van der Waals surface area contributed by atoms with Crippen LogP contribution in [0.1, 0.15) is 33.6 Å². The zero-order chi connectivity index (χ0) is 17.6. The van der Waals surface area contributed by atoms with Crippen LogP contribution in [0.15, 0.2) is 42.5 Å². The van der Waals surface area contributed by atoms with Gasteiger partial charge in [0.1, 0.15) is 5.82 Å². The number of rotatable bonds is 1. The second-order valence-electron chi connectivity index (χ2n) is 6.67. The first-order valence-electron chi connectivity index (χ1n) is 8.51. The monoisotopic (exact) mass is 334 g/mol. The number of carbonyl (C=O) groups excluding carboxylic acids is 1. The van der Waals surface area contributed by atoms with E-state index >= 15 is 0 Å². The number of fused-ring (bicyclic) bond motifs is 2. The molecule has 0 aliphatic carbocycles. The Hall–Kier alpha value is -2.75. The molecule has 0 bridgehead atoms. The van der Waals surface area contributed by atoms with Gasteiger partial charge in [-0.25, -0.2) is 4.39 Å². The number of anilines is 1. The number of aryl methyl sites for hydroxylation is 3. The molecule has 0 radical (unpaired) electrons. The molecule has 2 heterocycles. The average molecular weight is 334 g/mol. The lowest BCUT2D eigenvalue weighted by Crippen LogP contribution is -2.35. The van der Waals surface area contributed by atoms with E-state index in [4.69, 9.17) is 0 Å². The first kappa shape index (κ1) is 15.8. The summed E-state index contributed by atoms with van der Waals surface area (Å²) in [4.78, 5) is 19.6. The van der Waals surface area contributed by atoms with Gasteiger partial charge < -0.3 is 4.90 Å². The second kappa shape index (κ2) is 5.96. The topological polar surface area (TPSA) is 33.2 Å². The molecular formula is C21H19FN2O. The lowest BCUT2D eigenvalue weighted by molar-refractivity contribution is 0.0986. The molecule has 1 aromatic heterocycles. The van der Waals surface area contributed by atoms with Gasteiger partial charge in [0.15, 0.2) is 0 Å². The summed E-state index contributed by atoms with van der Waals surface area (Å²) < 4.78 is 13.8. The molecule has 0 unspecified atom stereocenters. The lowest BCUT2D eigenvalue weighted by atomic mass is 9.99. The minimum absolute atomic E-state index is 0.0901. The molecule has 0 fully saturated rings. The molecule has 3 aromatic rings. The van der Waals surface area contributed by atoms with Crippen LogP contribution in [0.25, 0.3) is 10.9 Å². The van der Waals surface area contributed by atoms with Crippen molar-refractivity contribution in [3.63, 3.8) is 0 Å². The Labute approximate surface area is 146 Å². The van der Waals surface area contributed by atoms with Crippen molar-refractivity contribution in [1.29, 1.82) is 0 Å². The van der Waals surface area contributed by atoms with Gasteiger partial charge in [0.2, 0.25) is 0 Å². The average Bonchev–Trinajstić information content (AvgIpc) is 2.60. The number of halogens is 1. The highest BCUT2D eigenvalue weighted by atomic mass is 19.1. The normalized spacial score (nSPS) is 13.8. The van der Waals surface area contributed by atoms with E-state index in [1.165, 1.54) is 12.1 Å². The van der Waals surface area contributed by atoms with E-state index < -0.39 is 0 Å². The van der Waals surface area contributed by atoms with Crippen LogP contribution in [0.5, 0.6) is 0 Å². The smallest absolute Gasteiger partial charge is 0.259 e. The SMILES string of the molecule is Cc1ccc2nc(C)cc(C(=O)N3CCCc4ccc(F)cc43)c2c1. The Morgan fingerprint density at radius 3 is 2.80 bits per heavy atom. The molecule has 4 rings (SSSR count). The summed E-state index contributed by atoms with van der Waals surface area (Å²) >= 11 is 0. The van der Waals surface area contributed by atoms with Gasteiger partial charge in [0, 0.05) is 17.6 Å². The molecule has 3 nitrogen and oxygen atoms in total. The van der Waals surface area contributed by atoms with Crippen LogP contribution in [0, 0.1) is 19.7 Å². The molecule has 1 amide bonds. The van der Waals surface area contributed by atoms with Gasteiger partial charge in [-0.2, -0.15) is 0 Å². The maximum absolute atomic E-state index is 13.8. The van der Waals surface area contributed by atoms with E-state index in [2.05, 4.69) is 4.98 Å². The Balaban J connectivity index is 1.87. The van der Waals surface area contributed by atoms with Crippen molar-refractivity contribution in [2.45, 2.75) is 26.7 Å². The molecule has 2 aromatic carbocycles. The van der Waals surface area contributed by atoms with Crippen LogP contribution >= 0.6 is 0 Å². The van der Waals surface area contributed by atoms with E-state index in [1.807, 2.05) is 38.1 Å². The highest BCUT2D eigenvalue weighted by Crippen LogP contribution is 2.31. The Morgan fingerprint density at radius 2 is 1.96 bits per heavy atom. The Kier molecular flexibility index (Phi) is 3.75. The summed E-state index contributed by atoms with van der Waals surface area (Å²) in [5, 5.41) is 0.846. The van der Waals surface area contributed by atoms with E-state index in [-0.39, 0.29) is 11.7 Å². The van der Waals surface area contributed by atoms with Gasteiger partial charge in [-0.05, 0) is 62.6 Å². The van der Waals surface area contributed by atoms with Crippen molar-refractivity contribution in [2.75, 3.05) is 11.4 Å². The third-order valence-electron chi connectivity index (χ3n) is 4.73. The quantitative estimate of drug-likeness (QED) is 0.652. The Bertz CT molecular complexity index is 997. The van der Waals surface area contributed by atoms with Crippen LogP contribution < -0.4 is 4.90 Å². The van der Waals surface area contributed by atoms with E-state index in [9.17, 15) is 9.18 Å². The van der Waals surface area contributed by atoms with Crippen LogP contribution in [0.2, 0.25) is 0 Å². The first-order chi connectivity index (χ1) is 12.0. The van der Waals surface area contributed by atoms with Gasteiger partial charge in [-0.3, -0.25) is 9.78 Å². The van der Waals surface area contributed by atoms with Crippen LogP contribution in [0.4, 0.5) is 10.1 Å². The molecule has 126 valence electrons. The number of amides is 1. The summed E-state index contributed by atoms with van der Waals surface area (Å²) in [7, 11) is 0. The first-order valence-corrected chi connectivity index (χ1v) is 8.51. The highest BCUT2D eigenvalue weighted by molar-refractivity contribution is 6.14. The Morgan fingerprint density at radius 1 is 1.12 bits per heavy atom. The second-order valence-corrected chi connectivity index (χ2v) is 6.67. The molecule has 4 heteroatoms. The van der Waals surface area contributed by atoms with Crippen molar-refractivity contribution in [2.24, 2.45) is 0 Å². The summed E-state index contributed by atoms with van der Waals surface area (Å²) in [5.41, 5.74) is 5.03. The molecule has 25 heavy (non-hydrogen) atoms. The third-order valence-corrected chi connectivity index (χ3v) is 4.73. The maximum Gasteiger partial charge on any atom is 0.259 e. The minimum Gasteiger partial charge on any atom is -0.308 e. The molecule has 0 N–H and O–H groups in total. The largest absolute Gasteiger partial charge is 0.308 e. The number of carbonyl (C=O) groups is 1. The van der Waals surface area contributed by atoms with E-state index in [0.717, 1.165) is 40.6 Å². The van der Waals surface area contributed by atoms with Crippen LogP contribution in [-0.4, -0.2) is 17.4 Å². The van der Waals surface area contributed by atoms with Crippen molar-refractivity contribution in [1.82, 2.24) is 4.98 Å². The predicted molar refractivity (Wildman–Crippen MR) is 97.6 cm³/mol. The standard InChI is InChI=1S/C21H19FN2O/c1-13-5-8-19-17(10-13)18(11-14(2)23-19)21(25)24-9-3-4-15-6-7-16(22)12-20(15)24/h5-8,10-12H,3-4,9H2,1-2H3. The number of aromatic nitrogens is 1. The molecule has 0 atom stereocenters. The van der Waals surface area contributed by atoms with E-state index in [1.54, 1.807) is 11.0 Å². The summed E-state index contributed by atoms with van der Waals surface area (Å²) in [5.74, 6) is -0.405. The molecule has 0 saturated heterocycles. The fourth-order valence-corrected chi connectivity index (χ4v) is 3.55. The van der Waals surface area contributed by atoms with Crippen molar-refractivity contribution < 1.29 is 9.18 Å². The number of hydrogen-bond acceptors (Lipinski definition) is 2. The number of nitrogens with zero attached hydrogens (tertiary/aromatic N) is 2. The zero-order valence-electron chi connectivity index (χ0n) is 14.3. The van der Waals surface area contributed by atoms with Gasteiger partial charge in [0.05, 0.1) is 16.8 Å². The fraction of sp³-hybridized carbons (Fsp3) is 0.238. The molecule has 1 aliphatic rings. The minimum atomic E-state index is -0.315. The van der Waals surface area contributed by atoms with E-state index in [0.29, 0.717) is 17.8 Å². The maximum atomic E-state index is 13.8. The fourth-order valence-electron chi connectivity index (χ4n) is 3.55. The van der Waals surface area contributed by atoms with Crippen molar-refractivity contribution in [3.8, 4) is 0 Å². The van der Waals surface area contributed by atoms with Gasteiger partial charge in [-0.15, -0.1) is 0 Å². The predicted octanol–water partition coefficient (Wildman–Crippen LogP) is 4.58. The lowest BCUT2D eigenvalue weighted by Gasteiger charge is -2.30. The highest BCUT2D eigenvalue weighted by Gasteiger charge is 2.25. The van der Waals surface area contributed by atoms with Gasteiger partial charge in [-0.1, -0.05) is 17.7 Å². The number of hydrogen-bond donors (Lipinski definition) is 0. The third kappa shape index (κ3) is 2.78. The summed E-state index contributed by atoms with van der Waals surface area (Å²) in [6, 6.07) is 12.5. The molecule has 1 aliphatic heterocycles. The molecular weight excluding hydrogens is 315 g/mol. The van der Waals surface area contributed by atoms with Gasteiger partial charge >= 0.3 is 0 Å². The molecule has 0 saturated carbocycles. The van der Waals surface area contributed by atoms with Crippen molar-refractivity contribution in [3.05, 3.63) is 70.7 Å². The van der Waals surface area contributed by atoms with Crippen LogP contribution in [-0.2, 0) is 6.42 Å². The van der Waals surface area contributed by atoms with Crippen LogP contribution in [0.3, 0.4) is 0 Å². The van der Waals surface area contributed by atoms with Gasteiger partial charge in [0.25, 0.3) is 5.91 Å². The summed E-state index contributed by atoms with van der Waals surface area (Å²) in [6.07, 6.45) is 1.75. The van der Waals surface area contributed by atoms with Crippen molar-refractivity contribution >= 4 is 22.5 Å². The summed E-state index contributed by atoms with van der Waals surface area (Å²) in [6.45, 7) is 4.49. The zero-order valence-corrected chi connectivity index (χ0v) is 14.3.